The zero-order valence-electron chi connectivity index (χ0n) is 12.5. The minimum atomic E-state index is -1.03. The third-order valence-electron chi connectivity index (χ3n) is 4.18. The fourth-order valence-electron chi connectivity index (χ4n) is 2.82. The Kier molecular flexibility index (Phi) is 5.42. The average Bonchev–Trinajstić information content (AvgIpc) is 2.53. The van der Waals surface area contributed by atoms with E-state index >= 15 is 0 Å². The average molecular weight is 326 g/mol. The second-order valence-electron chi connectivity index (χ2n) is 5.45. The maximum absolute atomic E-state index is 12.9. The number of carbonyl (C=O) groups is 2. The van der Waals surface area contributed by atoms with Crippen LogP contribution in [0.25, 0.3) is 0 Å². The Balaban J connectivity index is 2.35. The van der Waals surface area contributed by atoms with E-state index in [1.165, 1.54) is 0 Å². The van der Waals surface area contributed by atoms with E-state index in [-0.39, 0.29) is 5.91 Å². The molecule has 1 atom stereocenters. The number of carbonyl (C=O) groups excluding carboxylic acids is 1. The van der Waals surface area contributed by atoms with Gasteiger partial charge < -0.3 is 15.2 Å². The standard InChI is InChI=1S/C16H20ClNO4/c1-2-13(14(19)20)18-15(21)16(7-9-22-10-8-16)11-5-3-4-6-12(11)17/h3-6,13H,2,7-10H2,1H3,(H,18,21)(H,19,20)/t13-/m0/s1. The van der Waals surface area contributed by atoms with Crippen molar-refractivity contribution in [2.45, 2.75) is 37.6 Å². The first-order valence-electron chi connectivity index (χ1n) is 7.38. The van der Waals surface area contributed by atoms with Crippen molar-refractivity contribution in [1.82, 2.24) is 5.32 Å². The molecule has 1 aliphatic rings. The number of carboxylic acid groups (broad SMARTS) is 1. The van der Waals surface area contributed by atoms with Crippen molar-refractivity contribution in [3.63, 3.8) is 0 Å². The number of benzene rings is 1. The maximum Gasteiger partial charge on any atom is 0.326 e. The summed E-state index contributed by atoms with van der Waals surface area (Å²) in [6.45, 7) is 2.62. The Morgan fingerprint density at radius 2 is 2.00 bits per heavy atom. The first kappa shape index (κ1) is 16.8. The summed E-state index contributed by atoms with van der Waals surface area (Å²) in [4.78, 5) is 24.0. The van der Waals surface area contributed by atoms with E-state index in [1.807, 2.05) is 18.2 Å². The molecule has 0 unspecified atom stereocenters. The Hall–Kier alpha value is -1.59. The molecule has 1 aromatic rings. The van der Waals surface area contributed by atoms with Gasteiger partial charge in [-0.05, 0) is 30.9 Å². The van der Waals surface area contributed by atoms with Crippen molar-refractivity contribution in [3.05, 3.63) is 34.9 Å². The summed E-state index contributed by atoms with van der Waals surface area (Å²) in [5.74, 6) is -1.32. The molecule has 1 aromatic carbocycles. The van der Waals surface area contributed by atoms with Crippen LogP contribution in [0, 0.1) is 0 Å². The van der Waals surface area contributed by atoms with E-state index in [1.54, 1.807) is 13.0 Å². The van der Waals surface area contributed by atoms with Crippen LogP contribution in [0.1, 0.15) is 31.7 Å². The monoisotopic (exact) mass is 325 g/mol. The number of aliphatic carboxylic acids is 1. The molecule has 0 spiro atoms. The first-order valence-corrected chi connectivity index (χ1v) is 7.75. The van der Waals surface area contributed by atoms with Gasteiger partial charge in [-0.3, -0.25) is 4.79 Å². The Labute approximate surface area is 134 Å². The van der Waals surface area contributed by atoms with Gasteiger partial charge in [0.2, 0.25) is 5.91 Å². The molecule has 1 saturated heterocycles. The molecule has 2 rings (SSSR count). The topological polar surface area (TPSA) is 75.6 Å². The van der Waals surface area contributed by atoms with Crippen molar-refractivity contribution in [2.24, 2.45) is 0 Å². The van der Waals surface area contributed by atoms with E-state index in [9.17, 15) is 9.59 Å². The van der Waals surface area contributed by atoms with Crippen LogP contribution in [0.2, 0.25) is 5.02 Å². The highest BCUT2D eigenvalue weighted by Crippen LogP contribution is 2.39. The molecule has 22 heavy (non-hydrogen) atoms. The summed E-state index contributed by atoms with van der Waals surface area (Å²) in [5.41, 5.74) is -0.0999. The van der Waals surface area contributed by atoms with E-state index in [4.69, 9.17) is 21.4 Å². The minimum absolute atomic E-state index is 0.293. The summed E-state index contributed by atoms with van der Waals surface area (Å²) >= 11 is 6.29. The second kappa shape index (κ2) is 7.11. The molecule has 120 valence electrons. The van der Waals surface area contributed by atoms with Crippen LogP contribution < -0.4 is 5.32 Å². The summed E-state index contributed by atoms with van der Waals surface area (Å²) in [5, 5.41) is 12.3. The fraction of sp³-hybridized carbons (Fsp3) is 0.500. The molecule has 0 saturated carbocycles. The van der Waals surface area contributed by atoms with E-state index in [2.05, 4.69) is 5.32 Å². The van der Waals surface area contributed by atoms with Crippen molar-refractivity contribution in [3.8, 4) is 0 Å². The molecule has 0 bridgehead atoms. The van der Waals surface area contributed by atoms with E-state index < -0.39 is 17.4 Å². The normalized spacial score (nSPS) is 18.5. The Morgan fingerprint density at radius 3 is 2.55 bits per heavy atom. The summed E-state index contributed by atoms with van der Waals surface area (Å²) in [6.07, 6.45) is 1.30. The van der Waals surface area contributed by atoms with Gasteiger partial charge in [0.25, 0.3) is 0 Å². The lowest BCUT2D eigenvalue weighted by molar-refractivity contribution is -0.143. The van der Waals surface area contributed by atoms with Gasteiger partial charge in [0.05, 0.1) is 5.41 Å². The molecule has 2 N–H and O–H groups in total. The number of hydrogen-bond acceptors (Lipinski definition) is 3. The fourth-order valence-corrected chi connectivity index (χ4v) is 3.14. The molecule has 6 heteroatoms. The van der Waals surface area contributed by atoms with Gasteiger partial charge in [-0.25, -0.2) is 4.79 Å². The second-order valence-corrected chi connectivity index (χ2v) is 5.85. The molecular weight excluding hydrogens is 306 g/mol. The first-order chi connectivity index (χ1) is 10.5. The van der Waals surface area contributed by atoms with Crippen LogP contribution in [-0.2, 0) is 19.7 Å². The van der Waals surface area contributed by atoms with E-state index in [0.717, 1.165) is 5.56 Å². The number of rotatable bonds is 5. The third kappa shape index (κ3) is 3.25. The largest absolute Gasteiger partial charge is 0.480 e. The quantitative estimate of drug-likeness (QED) is 0.871. The maximum atomic E-state index is 12.9. The van der Waals surface area contributed by atoms with Crippen molar-refractivity contribution in [2.75, 3.05) is 13.2 Å². The predicted octanol–water partition coefficient (Wildman–Crippen LogP) is 2.37. The van der Waals surface area contributed by atoms with Gasteiger partial charge in [0.15, 0.2) is 0 Å². The van der Waals surface area contributed by atoms with Crippen LogP contribution in [0.4, 0.5) is 0 Å². The summed E-state index contributed by atoms with van der Waals surface area (Å²) < 4.78 is 5.38. The zero-order chi connectivity index (χ0) is 16.2. The molecule has 0 radical (unpaired) electrons. The minimum Gasteiger partial charge on any atom is -0.480 e. The summed E-state index contributed by atoms with van der Waals surface area (Å²) in [6, 6.07) is 6.32. The van der Waals surface area contributed by atoms with Gasteiger partial charge in [0, 0.05) is 18.2 Å². The molecule has 1 aliphatic heterocycles. The highest BCUT2D eigenvalue weighted by Gasteiger charge is 2.43. The lowest BCUT2D eigenvalue weighted by Gasteiger charge is -2.37. The zero-order valence-corrected chi connectivity index (χ0v) is 13.2. The Morgan fingerprint density at radius 1 is 1.36 bits per heavy atom. The van der Waals surface area contributed by atoms with Crippen molar-refractivity contribution in [1.29, 1.82) is 0 Å². The molecule has 0 aromatic heterocycles. The van der Waals surface area contributed by atoms with Crippen LogP contribution in [0.3, 0.4) is 0 Å². The molecule has 1 heterocycles. The molecule has 5 nitrogen and oxygen atoms in total. The number of carboxylic acids is 1. The highest BCUT2D eigenvalue weighted by molar-refractivity contribution is 6.31. The lowest BCUT2D eigenvalue weighted by atomic mass is 9.73. The lowest BCUT2D eigenvalue weighted by Crippen LogP contribution is -2.52. The number of nitrogens with one attached hydrogen (secondary N) is 1. The SMILES string of the molecule is CC[C@H](NC(=O)C1(c2ccccc2Cl)CCOCC1)C(=O)O. The number of halogens is 1. The molecule has 0 aliphatic carbocycles. The van der Waals surface area contributed by atoms with Crippen molar-refractivity contribution < 1.29 is 19.4 Å². The Bertz CT molecular complexity index is 555. The van der Waals surface area contributed by atoms with Gasteiger partial charge in [-0.1, -0.05) is 36.7 Å². The van der Waals surface area contributed by atoms with Crippen LogP contribution in [-0.4, -0.2) is 36.2 Å². The van der Waals surface area contributed by atoms with Crippen LogP contribution in [0.15, 0.2) is 24.3 Å². The van der Waals surface area contributed by atoms with Gasteiger partial charge in [-0.2, -0.15) is 0 Å². The van der Waals surface area contributed by atoms with Gasteiger partial charge >= 0.3 is 5.97 Å². The van der Waals surface area contributed by atoms with Gasteiger partial charge in [-0.15, -0.1) is 0 Å². The number of ether oxygens (including phenoxy) is 1. The smallest absolute Gasteiger partial charge is 0.326 e. The predicted molar refractivity (Wildman–Crippen MR) is 83.0 cm³/mol. The number of amides is 1. The molecular formula is C16H20ClNO4. The van der Waals surface area contributed by atoms with Crippen LogP contribution >= 0.6 is 11.6 Å². The molecule has 1 fully saturated rings. The van der Waals surface area contributed by atoms with Crippen molar-refractivity contribution >= 4 is 23.5 Å². The van der Waals surface area contributed by atoms with Crippen LogP contribution in [0.5, 0.6) is 0 Å². The number of hydrogen-bond donors (Lipinski definition) is 2. The summed E-state index contributed by atoms with van der Waals surface area (Å²) in [7, 11) is 0. The third-order valence-corrected chi connectivity index (χ3v) is 4.51. The molecule has 1 amide bonds. The van der Waals surface area contributed by atoms with Gasteiger partial charge in [0.1, 0.15) is 6.04 Å². The highest BCUT2D eigenvalue weighted by atomic mass is 35.5. The van der Waals surface area contributed by atoms with E-state index in [0.29, 0.717) is 37.5 Å².